The van der Waals surface area contributed by atoms with Gasteiger partial charge in [-0.25, -0.2) is 0 Å². The molecule has 0 bridgehead atoms. The molecule has 0 N–H and O–H groups in total. The molecule has 0 fully saturated rings. The molecule has 0 amide bonds. The van der Waals surface area contributed by atoms with Crippen molar-refractivity contribution in [3.05, 3.63) is 124 Å². The van der Waals surface area contributed by atoms with Gasteiger partial charge in [0.1, 0.15) is 0 Å². The number of hydrogen-bond acceptors (Lipinski definition) is 2. The van der Waals surface area contributed by atoms with Gasteiger partial charge in [-0.1, -0.05) is 87.6 Å². The lowest BCUT2D eigenvalue weighted by molar-refractivity contribution is 0.103. The van der Waals surface area contributed by atoms with Gasteiger partial charge < -0.3 is 4.74 Å². The van der Waals surface area contributed by atoms with E-state index in [-0.39, 0.29) is 5.78 Å². The zero-order chi connectivity index (χ0) is 23.1. The van der Waals surface area contributed by atoms with E-state index in [1.54, 1.807) is 0 Å². The molecule has 4 aromatic carbocycles. The molecule has 162 valence electrons. The summed E-state index contributed by atoms with van der Waals surface area (Å²) >= 11 is 0. The lowest BCUT2D eigenvalue weighted by Crippen LogP contribution is -2.10. The highest BCUT2D eigenvalue weighted by molar-refractivity contribution is 7.23. The lowest BCUT2D eigenvalue weighted by Gasteiger charge is -2.19. The molecule has 1 aliphatic rings. The van der Waals surface area contributed by atoms with Crippen LogP contribution >= 0.6 is 9.24 Å². The van der Waals surface area contributed by atoms with Crippen molar-refractivity contribution < 1.29 is 9.53 Å². The Morgan fingerprint density at radius 2 is 1.24 bits per heavy atom. The van der Waals surface area contributed by atoms with Gasteiger partial charge in [0.15, 0.2) is 17.0 Å². The fourth-order valence-electron chi connectivity index (χ4n) is 4.74. The van der Waals surface area contributed by atoms with Gasteiger partial charge in [-0.3, -0.25) is 4.79 Å². The third kappa shape index (κ3) is 3.92. The summed E-state index contributed by atoms with van der Waals surface area (Å²) in [6.45, 7) is 6.10. The molecule has 1 heterocycles. The Kier molecular flexibility index (Phi) is 5.48. The van der Waals surface area contributed by atoms with Crippen LogP contribution < -0.4 is 0 Å². The third-order valence-electron chi connectivity index (χ3n) is 6.12. The maximum atomic E-state index is 14.1. The Balaban J connectivity index is 1.85. The van der Waals surface area contributed by atoms with Crippen LogP contribution in [-0.4, -0.2) is 5.78 Å². The summed E-state index contributed by atoms with van der Waals surface area (Å²) in [5, 5.41) is 0. The summed E-state index contributed by atoms with van der Waals surface area (Å²) in [6.07, 6.45) is 0. The molecule has 3 heteroatoms. The summed E-state index contributed by atoms with van der Waals surface area (Å²) < 4.78 is 5.70. The van der Waals surface area contributed by atoms with E-state index in [9.17, 15) is 4.79 Å². The molecule has 1 aliphatic heterocycles. The minimum absolute atomic E-state index is 0.0457. The number of hydrogen-bond donors (Lipinski definition) is 0. The lowest BCUT2D eigenvalue weighted by atomic mass is 9.83. The molecular formula is C30H25O2P. The van der Waals surface area contributed by atoms with Crippen LogP contribution in [0.2, 0.25) is 0 Å². The number of ketones is 1. The first kappa shape index (κ1) is 21.4. The molecule has 2 nitrogen and oxygen atoms in total. The molecule has 4 aromatic rings. The van der Waals surface area contributed by atoms with E-state index in [0.29, 0.717) is 5.56 Å². The first-order valence-electron chi connectivity index (χ1n) is 11.0. The predicted molar refractivity (Wildman–Crippen MR) is 139 cm³/mol. The fraction of sp³-hybridized carbons (Fsp3) is 0.100. The third-order valence-corrected chi connectivity index (χ3v) is 6.50. The van der Waals surface area contributed by atoms with Gasteiger partial charge in [-0.05, 0) is 55.2 Å². The van der Waals surface area contributed by atoms with E-state index < -0.39 is 0 Å². The maximum absolute atomic E-state index is 14.1. The second kappa shape index (κ2) is 8.46. The van der Waals surface area contributed by atoms with E-state index in [1.807, 2.05) is 62.4 Å². The van der Waals surface area contributed by atoms with Crippen molar-refractivity contribution in [3.8, 4) is 22.3 Å². The SMILES string of the molecule is Cc1cc(C)c(C(=O)c2ccc(C3=C(P)O3)c(-c3ccccc3)c2-c2ccccc2)c(C)c1. The van der Waals surface area contributed by atoms with Crippen molar-refractivity contribution >= 4 is 20.8 Å². The predicted octanol–water partition coefficient (Wildman–Crippen LogP) is 7.71. The van der Waals surface area contributed by atoms with E-state index in [2.05, 4.69) is 52.6 Å². The van der Waals surface area contributed by atoms with Crippen LogP contribution in [-0.2, 0) is 4.74 Å². The van der Waals surface area contributed by atoms with Crippen LogP contribution in [0.3, 0.4) is 0 Å². The molecule has 0 radical (unpaired) electrons. The van der Waals surface area contributed by atoms with Crippen LogP contribution in [0.1, 0.15) is 38.2 Å². The molecule has 1 unspecified atom stereocenters. The zero-order valence-electron chi connectivity index (χ0n) is 19.0. The van der Waals surface area contributed by atoms with Crippen LogP contribution in [0.4, 0.5) is 0 Å². The fourth-order valence-corrected chi connectivity index (χ4v) is 5.01. The van der Waals surface area contributed by atoms with Crippen LogP contribution in [0.15, 0.2) is 90.4 Å². The quantitative estimate of drug-likeness (QED) is 0.231. The van der Waals surface area contributed by atoms with Gasteiger partial charge in [0.05, 0.1) is 0 Å². The Hall–Kier alpha value is -3.48. The molecule has 5 rings (SSSR count). The first-order valence-corrected chi connectivity index (χ1v) is 11.6. The van der Waals surface area contributed by atoms with Gasteiger partial charge in [0, 0.05) is 27.8 Å². The van der Waals surface area contributed by atoms with E-state index in [0.717, 1.165) is 61.3 Å². The van der Waals surface area contributed by atoms with Crippen LogP contribution in [0.5, 0.6) is 0 Å². The highest BCUT2D eigenvalue weighted by atomic mass is 31.0. The van der Waals surface area contributed by atoms with Gasteiger partial charge in [-0.2, -0.15) is 0 Å². The zero-order valence-corrected chi connectivity index (χ0v) is 20.1. The van der Waals surface area contributed by atoms with Gasteiger partial charge >= 0.3 is 0 Å². The van der Waals surface area contributed by atoms with Gasteiger partial charge in [-0.15, -0.1) is 0 Å². The molecular weight excluding hydrogens is 423 g/mol. The summed E-state index contributed by atoms with van der Waals surface area (Å²) in [7, 11) is 2.64. The monoisotopic (exact) mass is 448 g/mol. The number of ether oxygens (including phenoxy) is 1. The maximum Gasteiger partial charge on any atom is 0.194 e. The summed E-state index contributed by atoms with van der Waals surface area (Å²) in [5.41, 5.74) is 10.5. The molecule has 33 heavy (non-hydrogen) atoms. The number of benzene rings is 4. The van der Waals surface area contributed by atoms with E-state index >= 15 is 0 Å². The van der Waals surface area contributed by atoms with Gasteiger partial charge in [0.2, 0.25) is 0 Å². The Morgan fingerprint density at radius 1 is 0.727 bits per heavy atom. The molecule has 0 saturated heterocycles. The van der Waals surface area contributed by atoms with Crippen molar-refractivity contribution in [2.75, 3.05) is 0 Å². The van der Waals surface area contributed by atoms with Crippen molar-refractivity contribution in [1.82, 2.24) is 0 Å². The van der Waals surface area contributed by atoms with E-state index in [4.69, 9.17) is 4.74 Å². The highest BCUT2D eigenvalue weighted by Gasteiger charge is 2.30. The van der Waals surface area contributed by atoms with Crippen molar-refractivity contribution in [3.63, 3.8) is 0 Å². The summed E-state index contributed by atoms with van der Waals surface area (Å²) in [4.78, 5) is 14.1. The minimum Gasteiger partial charge on any atom is -0.449 e. The largest absolute Gasteiger partial charge is 0.449 e. The normalized spacial score (nSPS) is 12.5. The first-order chi connectivity index (χ1) is 16.0. The molecule has 0 aliphatic carbocycles. The Bertz CT molecular complexity index is 1390. The summed E-state index contributed by atoms with van der Waals surface area (Å²) in [5.74, 6) is 0.905. The minimum atomic E-state index is 0.0457. The summed E-state index contributed by atoms with van der Waals surface area (Å²) in [6, 6.07) is 28.6. The Labute approximate surface area is 197 Å². The van der Waals surface area contributed by atoms with Crippen LogP contribution in [0, 0.1) is 20.8 Å². The van der Waals surface area contributed by atoms with Gasteiger partial charge in [0.25, 0.3) is 0 Å². The van der Waals surface area contributed by atoms with Crippen LogP contribution in [0.25, 0.3) is 28.0 Å². The number of aryl methyl sites for hydroxylation is 3. The molecule has 0 aromatic heterocycles. The standard InChI is InChI=1S/C30H25O2P/c1-18-16-19(2)25(20(3)17-18)28(31)23-14-15-24(29-30(33)32-29)27(22-12-8-5-9-13-22)26(23)21-10-6-4-7-11-21/h4-17H,33H2,1-3H3. The average molecular weight is 449 g/mol. The van der Waals surface area contributed by atoms with Crippen molar-refractivity contribution in [2.24, 2.45) is 0 Å². The Morgan fingerprint density at radius 3 is 1.76 bits per heavy atom. The average Bonchev–Trinajstić information content (AvgIpc) is 3.54. The topological polar surface area (TPSA) is 29.6 Å². The molecule has 1 atom stereocenters. The molecule has 0 spiro atoms. The highest BCUT2D eigenvalue weighted by Crippen LogP contribution is 2.48. The van der Waals surface area contributed by atoms with Crippen molar-refractivity contribution in [2.45, 2.75) is 20.8 Å². The molecule has 0 saturated carbocycles. The van der Waals surface area contributed by atoms with Crippen molar-refractivity contribution in [1.29, 1.82) is 0 Å². The second-order valence-electron chi connectivity index (χ2n) is 8.54. The number of rotatable bonds is 5. The van der Waals surface area contributed by atoms with E-state index in [1.165, 1.54) is 0 Å². The number of carbonyl (C=O) groups is 1. The number of carbonyl (C=O) groups excluding carboxylic acids is 1. The smallest absolute Gasteiger partial charge is 0.194 e. The second-order valence-corrected chi connectivity index (χ2v) is 9.07.